The van der Waals surface area contributed by atoms with E-state index in [0.29, 0.717) is 5.69 Å². The van der Waals surface area contributed by atoms with Crippen LogP contribution in [-0.2, 0) is 4.79 Å². The summed E-state index contributed by atoms with van der Waals surface area (Å²) in [7, 11) is 0. The summed E-state index contributed by atoms with van der Waals surface area (Å²) in [6.45, 7) is 3.45. The number of carbonyl (C=O) groups is 2. The third-order valence-electron chi connectivity index (χ3n) is 3.23. The first kappa shape index (κ1) is 15.7. The van der Waals surface area contributed by atoms with Crippen LogP contribution in [0.3, 0.4) is 0 Å². The van der Waals surface area contributed by atoms with Crippen molar-refractivity contribution in [1.82, 2.24) is 5.32 Å². The highest BCUT2D eigenvalue weighted by Crippen LogP contribution is 2.13. The summed E-state index contributed by atoms with van der Waals surface area (Å²) in [6.07, 6.45) is 0. The maximum absolute atomic E-state index is 13.1. The van der Waals surface area contributed by atoms with Crippen molar-refractivity contribution < 1.29 is 14.0 Å². The molecule has 0 saturated carbocycles. The van der Waals surface area contributed by atoms with Gasteiger partial charge in [-0.15, -0.1) is 0 Å². The van der Waals surface area contributed by atoms with E-state index in [1.165, 1.54) is 18.2 Å². The molecular weight excluding hydrogens is 283 g/mol. The summed E-state index contributed by atoms with van der Waals surface area (Å²) in [4.78, 5) is 24.1. The second kappa shape index (κ2) is 6.85. The van der Waals surface area contributed by atoms with Gasteiger partial charge in [0.1, 0.15) is 11.9 Å². The Labute approximate surface area is 128 Å². The van der Waals surface area contributed by atoms with E-state index in [9.17, 15) is 14.0 Å². The maximum atomic E-state index is 13.1. The molecule has 0 aliphatic carbocycles. The van der Waals surface area contributed by atoms with Gasteiger partial charge in [0, 0.05) is 11.3 Å². The number of aryl methyl sites for hydroxylation is 1. The molecule has 1 unspecified atom stereocenters. The Morgan fingerprint density at radius 1 is 1.09 bits per heavy atom. The Bertz CT molecular complexity index is 701. The molecule has 2 aromatic carbocycles. The first-order chi connectivity index (χ1) is 10.5. The zero-order chi connectivity index (χ0) is 16.1. The topological polar surface area (TPSA) is 58.2 Å². The highest BCUT2D eigenvalue weighted by atomic mass is 19.1. The third-order valence-corrected chi connectivity index (χ3v) is 3.23. The molecule has 2 amide bonds. The van der Waals surface area contributed by atoms with E-state index in [2.05, 4.69) is 10.6 Å². The smallest absolute Gasteiger partial charge is 0.252 e. The van der Waals surface area contributed by atoms with Gasteiger partial charge in [-0.2, -0.15) is 0 Å². The van der Waals surface area contributed by atoms with Gasteiger partial charge in [-0.05, 0) is 43.7 Å². The lowest BCUT2D eigenvalue weighted by Crippen LogP contribution is -2.41. The first-order valence-electron chi connectivity index (χ1n) is 6.90. The predicted molar refractivity (Wildman–Crippen MR) is 83.1 cm³/mol. The van der Waals surface area contributed by atoms with Crippen LogP contribution >= 0.6 is 0 Å². The SMILES string of the molecule is Cc1ccccc1NC(=O)C(C)NC(=O)c1cccc(F)c1. The van der Waals surface area contributed by atoms with E-state index in [4.69, 9.17) is 0 Å². The van der Waals surface area contributed by atoms with Crippen LogP contribution < -0.4 is 10.6 Å². The van der Waals surface area contributed by atoms with Crippen molar-refractivity contribution in [3.05, 3.63) is 65.5 Å². The van der Waals surface area contributed by atoms with Crippen molar-refractivity contribution in [2.24, 2.45) is 0 Å². The second-order valence-electron chi connectivity index (χ2n) is 5.01. The number of anilines is 1. The fourth-order valence-corrected chi connectivity index (χ4v) is 1.93. The molecule has 2 aromatic rings. The molecule has 0 aliphatic rings. The van der Waals surface area contributed by atoms with Gasteiger partial charge in [0.2, 0.25) is 5.91 Å². The molecule has 2 rings (SSSR count). The van der Waals surface area contributed by atoms with Gasteiger partial charge in [0.05, 0.1) is 0 Å². The average Bonchev–Trinajstić information content (AvgIpc) is 2.49. The molecule has 0 saturated heterocycles. The molecule has 0 radical (unpaired) electrons. The van der Waals surface area contributed by atoms with E-state index in [-0.39, 0.29) is 11.5 Å². The van der Waals surface area contributed by atoms with Gasteiger partial charge < -0.3 is 10.6 Å². The van der Waals surface area contributed by atoms with Crippen molar-refractivity contribution in [2.45, 2.75) is 19.9 Å². The summed E-state index contributed by atoms with van der Waals surface area (Å²) >= 11 is 0. The lowest BCUT2D eigenvalue weighted by atomic mass is 10.1. The molecule has 5 heteroatoms. The second-order valence-corrected chi connectivity index (χ2v) is 5.01. The molecule has 22 heavy (non-hydrogen) atoms. The number of nitrogens with one attached hydrogen (secondary N) is 2. The highest BCUT2D eigenvalue weighted by Gasteiger charge is 2.17. The van der Waals surface area contributed by atoms with E-state index in [0.717, 1.165) is 11.6 Å². The van der Waals surface area contributed by atoms with Gasteiger partial charge >= 0.3 is 0 Å². The standard InChI is InChI=1S/C17H17FN2O2/c1-11-6-3-4-9-15(11)20-16(21)12(2)19-17(22)13-7-5-8-14(18)10-13/h3-10,12H,1-2H3,(H,19,22)(H,20,21). The zero-order valence-corrected chi connectivity index (χ0v) is 12.4. The summed E-state index contributed by atoms with van der Waals surface area (Å²) in [6, 6.07) is 11.9. The summed E-state index contributed by atoms with van der Waals surface area (Å²) < 4.78 is 13.1. The number of benzene rings is 2. The fourth-order valence-electron chi connectivity index (χ4n) is 1.93. The third kappa shape index (κ3) is 3.91. The van der Waals surface area contributed by atoms with Crippen LogP contribution in [0.5, 0.6) is 0 Å². The molecule has 0 aromatic heterocycles. The van der Waals surface area contributed by atoms with E-state index >= 15 is 0 Å². The molecular formula is C17H17FN2O2. The minimum absolute atomic E-state index is 0.176. The minimum atomic E-state index is -0.740. The number of rotatable bonds is 4. The Hall–Kier alpha value is -2.69. The lowest BCUT2D eigenvalue weighted by Gasteiger charge is -2.15. The normalized spacial score (nSPS) is 11.6. The molecule has 2 N–H and O–H groups in total. The Kier molecular flexibility index (Phi) is 4.88. The Morgan fingerprint density at radius 2 is 1.82 bits per heavy atom. The fraction of sp³-hybridized carbons (Fsp3) is 0.176. The van der Waals surface area contributed by atoms with E-state index in [1.54, 1.807) is 13.0 Å². The van der Waals surface area contributed by atoms with Crippen molar-refractivity contribution in [3.63, 3.8) is 0 Å². The molecule has 0 fully saturated rings. The number of para-hydroxylation sites is 1. The summed E-state index contributed by atoms with van der Waals surface area (Å²) in [5.41, 5.74) is 1.80. The minimum Gasteiger partial charge on any atom is -0.341 e. The van der Waals surface area contributed by atoms with Crippen LogP contribution in [0.4, 0.5) is 10.1 Å². The summed E-state index contributed by atoms with van der Waals surface area (Å²) in [5, 5.41) is 5.30. The number of hydrogen-bond acceptors (Lipinski definition) is 2. The van der Waals surface area contributed by atoms with Crippen LogP contribution in [0.1, 0.15) is 22.8 Å². The van der Waals surface area contributed by atoms with Crippen LogP contribution in [0.2, 0.25) is 0 Å². The molecule has 0 spiro atoms. The molecule has 1 atom stereocenters. The van der Waals surface area contributed by atoms with Crippen molar-refractivity contribution in [3.8, 4) is 0 Å². The summed E-state index contributed by atoms with van der Waals surface area (Å²) in [5.74, 6) is -1.32. The number of carbonyl (C=O) groups excluding carboxylic acids is 2. The largest absolute Gasteiger partial charge is 0.341 e. The van der Waals surface area contributed by atoms with Crippen LogP contribution in [0, 0.1) is 12.7 Å². The molecule has 0 aliphatic heterocycles. The number of halogens is 1. The number of amides is 2. The number of hydrogen-bond donors (Lipinski definition) is 2. The van der Waals surface area contributed by atoms with E-state index in [1.807, 2.05) is 25.1 Å². The predicted octanol–water partition coefficient (Wildman–Crippen LogP) is 2.89. The molecule has 0 heterocycles. The zero-order valence-electron chi connectivity index (χ0n) is 12.4. The molecule has 114 valence electrons. The van der Waals surface area contributed by atoms with Gasteiger partial charge in [0.25, 0.3) is 5.91 Å². The van der Waals surface area contributed by atoms with Crippen LogP contribution in [0.25, 0.3) is 0 Å². The van der Waals surface area contributed by atoms with Gasteiger partial charge in [0.15, 0.2) is 0 Å². The first-order valence-corrected chi connectivity index (χ1v) is 6.90. The van der Waals surface area contributed by atoms with Gasteiger partial charge in [-0.1, -0.05) is 24.3 Å². The highest BCUT2D eigenvalue weighted by molar-refractivity contribution is 6.01. The van der Waals surface area contributed by atoms with Crippen molar-refractivity contribution in [2.75, 3.05) is 5.32 Å². The van der Waals surface area contributed by atoms with Crippen LogP contribution in [0.15, 0.2) is 48.5 Å². The monoisotopic (exact) mass is 300 g/mol. The average molecular weight is 300 g/mol. The van der Waals surface area contributed by atoms with Crippen LogP contribution in [-0.4, -0.2) is 17.9 Å². The quantitative estimate of drug-likeness (QED) is 0.912. The Balaban J connectivity index is 1.99. The van der Waals surface area contributed by atoms with E-state index < -0.39 is 17.8 Å². The van der Waals surface area contributed by atoms with Crippen molar-refractivity contribution >= 4 is 17.5 Å². The Morgan fingerprint density at radius 3 is 2.50 bits per heavy atom. The molecule has 4 nitrogen and oxygen atoms in total. The van der Waals surface area contributed by atoms with Gasteiger partial charge in [-0.3, -0.25) is 9.59 Å². The van der Waals surface area contributed by atoms with Gasteiger partial charge in [-0.25, -0.2) is 4.39 Å². The molecule has 0 bridgehead atoms. The maximum Gasteiger partial charge on any atom is 0.252 e. The lowest BCUT2D eigenvalue weighted by molar-refractivity contribution is -0.117. The van der Waals surface area contributed by atoms with Crippen molar-refractivity contribution in [1.29, 1.82) is 0 Å².